The molecule has 0 bridgehead atoms. The quantitative estimate of drug-likeness (QED) is 0.240. The molecule has 4 heteroatoms. The van der Waals surface area contributed by atoms with Crippen LogP contribution >= 0.6 is 11.8 Å². The van der Waals surface area contributed by atoms with E-state index in [1.165, 1.54) is 28.5 Å². The van der Waals surface area contributed by atoms with Crippen molar-refractivity contribution < 1.29 is 4.79 Å². The molecule has 0 saturated carbocycles. The fourth-order valence-electron chi connectivity index (χ4n) is 4.24. The molecule has 1 heterocycles. The minimum Gasteiger partial charge on any atom is -0.330 e. The van der Waals surface area contributed by atoms with E-state index in [1.54, 1.807) is 6.08 Å². The van der Waals surface area contributed by atoms with Gasteiger partial charge in [0.1, 0.15) is 0 Å². The van der Waals surface area contributed by atoms with Gasteiger partial charge >= 0.3 is 0 Å². The molecule has 3 rings (SSSR count). The van der Waals surface area contributed by atoms with Crippen LogP contribution < -0.4 is 0 Å². The lowest BCUT2D eigenvalue weighted by molar-refractivity contribution is -0.107. The SMILES string of the molecule is CC1=C(/C=C/C(C)=C/C=C/C(C)=C\C(=O)Sc2ccccc2)C(C)(C)CCC1n1ccnc1. The van der Waals surface area contributed by atoms with Crippen molar-refractivity contribution in [2.24, 2.45) is 5.41 Å². The normalized spacial score (nSPS) is 19.6. The summed E-state index contributed by atoms with van der Waals surface area (Å²) in [5.74, 6) is 0. The third-order valence-corrected chi connectivity index (χ3v) is 6.95. The van der Waals surface area contributed by atoms with Crippen molar-refractivity contribution in [2.45, 2.75) is 58.4 Å². The molecule has 172 valence electrons. The van der Waals surface area contributed by atoms with Crippen LogP contribution in [0.2, 0.25) is 0 Å². The van der Waals surface area contributed by atoms with Crippen LogP contribution in [0, 0.1) is 5.41 Å². The highest BCUT2D eigenvalue weighted by atomic mass is 32.2. The van der Waals surface area contributed by atoms with E-state index < -0.39 is 0 Å². The summed E-state index contributed by atoms with van der Waals surface area (Å²) in [6, 6.07) is 10.1. The van der Waals surface area contributed by atoms with Gasteiger partial charge in [0.25, 0.3) is 0 Å². The molecule has 2 aromatic rings. The molecule has 33 heavy (non-hydrogen) atoms. The van der Waals surface area contributed by atoms with Gasteiger partial charge in [-0.15, -0.1) is 0 Å². The van der Waals surface area contributed by atoms with Crippen molar-refractivity contribution in [2.75, 3.05) is 0 Å². The Morgan fingerprint density at radius 3 is 2.61 bits per heavy atom. The Bertz CT molecular complexity index is 1100. The monoisotopic (exact) mass is 458 g/mol. The maximum Gasteiger partial charge on any atom is 0.217 e. The van der Waals surface area contributed by atoms with Gasteiger partial charge < -0.3 is 4.57 Å². The summed E-state index contributed by atoms with van der Waals surface area (Å²) in [4.78, 5) is 17.4. The van der Waals surface area contributed by atoms with Gasteiger partial charge in [-0.25, -0.2) is 4.98 Å². The predicted molar refractivity (Wildman–Crippen MR) is 140 cm³/mol. The summed E-state index contributed by atoms with van der Waals surface area (Å²) >= 11 is 1.25. The average molecular weight is 459 g/mol. The van der Waals surface area contributed by atoms with Crippen LogP contribution in [0.1, 0.15) is 53.5 Å². The summed E-state index contributed by atoms with van der Waals surface area (Å²) in [6.07, 6.45) is 20.3. The highest BCUT2D eigenvalue weighted by Gasteiger charge is 2.32. The molecule has 0 saturated heterocycles. The minimum absolute atomic E-state index is 0.0401. The highest BCUT2D eigenvalue weighted by Crippen LogP contribution is 2.45. The van der Waals surface area contributed by atoms with Crippen molar-refractivity contribution in [3.8, 4) is 0 Å². The summed E-state index contributed by atoms with van der Waals surface area (Å²) < 4.78 is 2.22. The van der Waals surface area contributed by atoms with Gasteiger partial charge in [-0.1, -0.05) is 68.0 Å². The van der Waals surface area contributed by atoms with E-state index in [0.717, 1.165) is 23.3 Å². The molecule has 0 N–H and O–H groups in total. The zero-order chi connectivity index (χ0) is 23.8. The predicted octanol–water partition coefficient (Wildman–Crippen LogP) is 7.88. The smallest absolute Gasteiger partial charge is 0.217 e. The average Bonchev–Trinajstić information content (AvgIpc) is 3.28. The van der Waals surface area contributed by atoms with Gasteiger partial charge in [0.2, 0.25) is 5.12 Å². The first-order chi connectivity index (χ1) is 15.8. The van der Waals surface area contributed by atoms with Gasteiger partial charge in [-0.3, -0.25) is 4.79 Å². The van der Waals surface area contributed by atoms with Gasteiger partial charge in [0, 0.05) is 17.3 Å². The molecule has 1 aliphatic rings. The summed E-state index contributed by atoms with van der Waals surface area (Å²) in [6.45, 7) is 11.0. The Balaban J connectivity index is 1.66. The number of imidazole rings is 1. The molecule has 1 atom stereocenters. The third-order valence-electron chi connectivity index (χ3n) is 6.12. The topological polar surface area (TPSA) is 34.9 Å². The lowest BCUT2D eigenvalue weighted by Gasteiger charge is -2.37. The molecular formula is C29H34N2OS. The molecule has 0 amide bonds. The van der Waals surface area contributed by atoms with E-state index in [-0.39, 0.29) is 10.5 Å². The van der Waals surface area contributed by atoms with Crippen LogP contribution in [-0.2, 0) is 4.79 Å². The Morgan fingerprint density at radius 2 is 1.91 bits per heavy atom. The van der Waals surface area contributed by atoms with Crippen LogP contribution in [0.5, 0.6) is 0 Å². The largest absolute Gasteiger partial charge is 0.330 e. The Kier molecular flexibility index (Phi) is 8.51. The molecule has 0 aliphatic heterocycles. The standard InChI is InChI=1S/C29H34N2OS/c1-22(10-9-11-23(2)20-28(32)33-25-12-7-6-8-13-25)14-15-26-24(3)27(16-17-29(26,4)5)31-19-18-30-21-31/h6-15,18-21,27H,16-17H2,1-5H3/b11-9+,15-14+,22-10+,23-20-. The summed E-state index contributed by atoms with van der Waals surface area (Å²) in [5, 5.41) is 0.0401. The van der Waals surface area contributed by atoms with Crippen LogP contribution in [0.4, 0.5) is 0 Å². The van der Waals surface area contributed by atoms with Crippen molar-refractivity contribution >= 4 is 16.9 Å². The van der Waals surface area contributed by atoms with Gasteiger partial charge in [0.15, 0.2) is 0 Å². The molecule has 1 aromatic carbocycles. The maximum atomic E-state index is 12.2. The van der Waals surface area contributed by atoms with E-state index in [1.807, 2.05) is 61.9 Å². The van der Waals surface area contributed by atoms with Crippen LogP contribution in [0.15, 0.2) is 113 Å². The fraction of sp³-hybridized carbons (Fsp3) is 0.310. The van der Waals surface area contributed by atoms with Gasteiger partial charge in [-0.05, 0) is 85.7 Å². The van der Waals surface area contributed by atoms with Crippen molar-refractivity contribution in [1.29, 1.82) is 0 Å². The van der Waals surface area contributed by atoms with E-state index in [4.69, 9.17) is 0 Å². The van der Waals surface area contributed by atoms with E-state index in [2.05, 4.69) is 61.7 Å². The number of nitrogens with zero attached hydrogens (tertiary/aromatic N) is 2. The second-order valence-corrected chi connectivity index (χ2v) is 10.3. The van der Waals surface area contributed by atoms with Crippen LogP contribution in [0.3, 0.4) is 0 Å². The first-order valence-electron chi connectivity index (χ1n) is 11.4. The third kappa shape index (κ3) is 7.06. The molecular weight excluding hydrogens is 424 g/mol. The number of carbonyl (C=O) groups is 1. The number of aromatic nitrogens is 2. The van der Waals surface area contributed by atoms with E-state index in [9.17, 15) is 4.79 Å². The number of thioether (sulfide) groups is 1. The van der Waals surface area contributed by atoms with Crippen molar-refractivity contribution in [3.05, 3.63) is 108 Å². The Hall–Kier alpha value is -2.85. The van der Waals surface area contributed by atoms with E-state index in [0.29, 0.717) is 6.04 Å². The van der Waals surface area contributed by atoms with Gasteiger partial charge in [0.05, 0.1) is 12.4 Å². The van der Waals surface area contributed by atoms with Crippen molar-refractivity contribution in [3.63, 3.8) is 0 Å². The minimum atomic E-state index is 0.0401. The fourth-order valence-corrected chi connectivity index (χ4v) is 5.01. The lowest BCUT2D eigenvalue weighted by atomic mass is 9.71. The number of hydrogen-bond acceptors (Lipinski definition) is 3. The number of benzene rings is 1. The second kappa shape index (κ2) is 11.3. The zero-order valence-electron chi connectivity index (χ0n) is 20.3. The zero-order valence-corrected chi connectivity index (χ0v) is 21.1. The first-order valence-corrected chi connectivity index (χ1v) is 12.2. The molecule has 0 spiro atoms. The lowest BCUT2D eigenvalue weighted by Crippen LogP contribution is -2.25. The van der Waals surface area contributed by atoms with Gasteiger partial charge in [-0.2, -0.15) is 0 Å². The summed E-state index contributed by atoms with van der Waals surface area (Å²) in [5.41, 5.74) is 5.08. The number of allylic oxidation sites excluding steroid dienone is 9. The summed E-state index contributed by atoms with van der Waals surface area (Å²) in [7, 11) is 0. The molecule has 1 aromatic heterocycles. The molecule has 3 nitrogen and oxygen atoms in total. The van der Waals surface area contributed by atoms with Crippen molar-refractivity contribution in [1.82, 2.24) is 9.55 Å². The first kappa shape index (κ1) is 24.8. The van der Waals surface area contributed by atoms with Crippen LogP contribution in [-0.4, -0.2) is 14.7 Å². The number of hydrogen-bond donors (Lipinski definition) is 0. The highest BCUT2D eigenvalue weighted by molar-refractivity contribution is 8.14. The molecule has 1 unspecified atom stereocenters. The maximum absolute atomic E-state index is 12.2. The number of carbonyl (C=O) groups excluding carboxylic acids is 1. The Labute approximate surface area is 202 Å². The molecule has 0 fully saturated rings. The number of rotatable bonds is 7. The second-order valence-electron chi connectivity index (χ2n) is 9.27. The molecule has 0 radical (unpaired) electrons. The molecule has 1 aliphatic carbocycles. The Morgan fingerprint density at radius 1 is 1.15 bits per heavy atom. The van der Waals surface area contributed by atoms with Crippen LogP contribution in [0.25, 0.3) is 0 Å². The van der Waals surface area contributed by atoms with E-state index >= 15 is 0 Å².